The SMILES string of the molecule is CCOc1ccc2ccccc2c1/C=N/NCc1c(Cl)cccc1Cl. The molecule has 1 N–H and O–H groups in total. The van der Waals surface area contributed by atoms with Gasteiger partial charge in [0.2, 0.25) is 0 Å². The summed E-state index contributed by atoms with van der Waals surface area (Å²) in [7, 11) is 0. The van der Waals surface area contributed by atoms with Crippen molar-refractivity contribution in [3.05, 3.63) is 75.8 Å². The summed E-state index contributed by atoms with van der Waals surface area (Å²) in [6.07, 6.45) is 1.78. The number of nitrogens with zero attached hydrogens (tertiary/aromatic N) is 1. The minimum atomic E-state index is 0.448. The highest BCUT2D eigenvalue weighted by atomic mass is 35.5. The van der Waals surface area contributed by atoms with Gasteiger partial charge in [0.15, 0.2) is 0 Å². The van der Waals surface area contributed by atoms with E-state index in [2.05, 4.69) is 28.7 Å². The van der Waals surface area contributed by atoms with Crippen LogP contribution in [-0.4, -0.2) is 12.8 Å². The number of hydrogen-bond donors (Lipinski definition) is 1. The minimum Gasteiger partial charge on any atom is -0.493 e. The molecule has 0 atom stereocenters. The third kappa shape index (κ3) is 4.06. The van der Waals surface area contributed by atoms with Crippen molar-refractivity contribution in [3.8, 4) is 5.75 Å². The van der Waals surface area contributed by atoms with Gasteiger partial charge in [-0.15, -0.1) is 0 Å². The van der Waals surface area contributed by atoms with Crippen LogP contribution in [0.2, 0.25) is 10.0 Å². The molecule has 25 heavy (non-hydrogen) atoms. The fourth-order valence-electron chi connectivity index (χ4n) is 2.63. The average Bonchev–Trinajstić information content (AvgIpc) is 2.62. The van der Waals surface area contributed by atoms with E-state index in [9.17, 15) is 0 Å². The third-order valence-corrected chi connectivity index (χ3v) is 4.54. The summed E-state index contributed by atoms with van der Waals surface area (Å²) < 4.78 is 5.74. The van der Waals surface area contributed by atoms with Crippen LogP contribution in [-0.2, 0) is 6.54 Å². The van der Waals surface area contributed by atoms with Crippen molar-refractivity contribution in [3.63, 3.8) is 0 Å². The molecule has 0 aliphatic heterocycles. The van der Waals surface area contributed by atoms with E-state index in [-0.39, 0.29) is 0 Å². The van der Waals surface area contributed by atoms with E-state index in [1.54, 1.807) is 6.21 Å². The van der Waals surface area contributed by atoms with E-state index in [0.29, 0.717) is 23.2 Å². The Labute approximate surface area is 157 Å². The molecule has 0 saturated carbocycles. The Morgan fingerprint density at radius 3 is 2.52 bits per heavy atom. The lowest BCUT2D eigenvalue weighted by Gasteiger charge is -2.10. The van der Waals surface area contributed by atoms with Gasteiger partial charge in [-0.2, -0.15) is 5.10 Å². The lowest BCUT2D eigenvalue weighted by atomic mass is 10.0. The smallest absolute Gasteiger partial charge is 0.128 e. The number of fused-ring (bicyclic) bond motifs is 1. The van der Waals surface area contributed by atoms with E-state index < -0.39 is 0 Å². The number of ether oxygens (including phenoxy) is 1. The van der Waals surface area contributed by atoms with Crippen molar-refractivity contribution in [1.29, 1.82) is 0 Å². The highest BCUT2D eigenvalue weighted by molar-refractivity contribution is 6.35. The number of hydrogen-bond acceptors (Lipinski definition) is 3. The Balaban J connectivity index is 1.84. The van der Waals surface area contributed by atoms with Gasteiger partial charge < -0.3 is 10.2 Å². The summed E-state index contributed by atoms with van der Waals surface area (Å²) in [6, 6.07) is 17.6. The number of hydrazone groups is 1. The van der Waals surface area contributed by atoms with Crippen LogP contribution >= 0.6 is 23.2 Å². The second kappa shape index (κ2) is 8.24. The fourth-order valence-corrected chi connectivity index (χ4v) is 3.16. The van der Waals surface area contributed by atoms with Gasteiger partial charge >= 0.3 is 0 Å². The van der Waals surface area contributed by atoms with Crippen LogP contribution in [0, 0.1) is 0 Å². The molecule has 0 aliphatic carbocycles. The molecule has 0 spiro atoms. The third-order valence-electron chi connectivity index (χ3n) is 3.83. The lowest BCUT2D eigenvalue weighted by molar-refractivity contribution is 0.340. The Kier molecular flexibility index (Phi) is 5.79. The van der Waals surface area contributed by atoms with E-state index in [1.807, 2.05) is 43.3 Å². The topological polar surface area (TPSA) is 33.6 Å². The summed E-state index contributed by atoms with van der Waals surface area (Å²) >= 11 is 12.3. The second-order valence-electron chi connectivity index (χ2n) is 5.42. The highest BCUT2D eigenvalue weighted by Crippen LogP contribution is 2.27. The van der Waals surface area contributed by atoms with Gasteiger partial charge in [0.1, 0.15) is 5.75 Å². The number of nitrogens with one attached hydrogen (secondary N) is 1. The molecule has 5 heteroatoms. The van der Waals surface area contributed by atoms with Gasteiger partial charge in [0.05, 0.1) is 19.4 Å². The van der Waals surface area contributed by atoms with Crippen LogP contribution in [0.3, 0.4) is 0 Å². The van der Waals surface area contributed by atoms with E-state index in [0.717, 1.165) is 27.6 Å². The van der Waals surface area contributed by atoms with Crippen LogP contribution < -0.4 is 10.2 Å². The Morgan fingerprint density at radius 2 is 1.76 bits per heavy atom. The van der Waals surface area contributed by atoms with Crippen molar-refractivity contribution >= 4 is 40.2 Å². The van der Waals surface area contributed by atoms with Gasteiger partial charge in [0, 0.05) is 21.2 Å². The number of benzene rings is 3. The fraction of sp³-hybridized carbons (Fsp3) is 0.150. The Morgan fingerprint density at radius 1 is 1.00 bits per heavy atom. The van der Waals surface area contributed by atoms with Gasteiger partial charge in [-0.25, -0.2) is 0 Å². The van der Waals surface area contributed by atoms with E-state index >= 15 is 0 Å². The first-order chi connectivity index (χ1) is 12.2. The number of rotatable bonds is 6. The van der Waals surface area contributed by atoms with Crippen molar-refractivity contribution < 1.29 is 4.74 Å². The first-order valence-corrected chi connectivity index (χ1v) is 8.79. The summed E-state index contributed by atoms with van der Waals surface area (Å²) in [6.45, 7) is 3.01. The molecule has 0 bridgehead atoms. The Hall–Kier alpha value is -2.23. The van der Waals surface area contributed by atoms with Crippen LogP contribution in [0.25, 0.3) is 10.8 Å². The molecular formula is C20H18Cl2N2O. The quantitative estimate of drug-likeness (QED) is 0.446. The zero-order valence-corrected chi connectivity index (χ0v) is 15.3. The monoisotopic (exact) mass is 372 g/mol. The molecule has 3 rings (SSSR count). The second-order valence-corrected chi connectivity index (χ2v) is 6.24. The molecule has 128 valence electrons. The normalized spacial score (nSPS) is 11.2. The number of halogens is 2. The van der Waals surface area contributed by atoms with E-state index in [4.69, 9.17) is 27.9 Å². The van der Waals surface area contributed by atoms with Crippen molar-refractivity contribution in [2.45, 2.75) is 13.5 Å². The zero-order valence-electron chi connectivity index (χ0n) is 13.8. The molecule has 3 nitrogen and oxygen atoms in total. The average molecular weight is 373 g/mol. The molecule has 3 aromatic carbocycles. The molecule has 3 aromatic rings. The predicted octanol–water partition coefficient (Wildman–Crippen LogP) is 5.67. The molecule has 0 aliphatic rings. The predicted molar refractivity (Wildman–Crippen MR) is 106 cm³/mol. The molecule has 0 fully saturated rings. The summed E-state index contributed by atoms with van der Waals surface area (Å²) in [5, 5.41) is 7.81. The molecule has 0 amide bonds. The maximum atomic E-state index is 6.17. The lowest BCUT2D eigenvalue weighted by Crippen LogP contribution is -2.07. The Bertz CT molecular complexity index is 889. The van der Waals surface area contributed by atoms with Crippen molar-refractivity contribution in [2.75, 3.05) is 6.61 Å². The molecular weight excluding hydrogens is 355 g/mol. The van der Waals surface area contributed by atoms with Crippen molar-refractivity contribution in [1.82, 2.24) is 5.43 Å². The minimum absolute atomic E-state index is 0.448. The van der Waals surface area contributed by atoms with Gasteiger partial charge in [0.25, 0.3) is 0 Å². The van der Waals surface area contributed by atoms with Gasteiger partial charge in [-0.1, -0.05) is 59.6 Å². The summed E-state index contributed by atoms with van der Waals surface area (Å²) in [5.41, 5.74) is 4.78. The highest BCUT2D eigenvalue weighted by Gasteiger charge is 2.07. The van der Waals surface area contributed by atoms with Crippen LogP contribution in [0.5, 0.6) is 5.75 Å². The molecule has 0 unspecified atom stereocenters. The van der Waals surface area contributed by atoms with Crippen molar-refractivity contribution in [2.24, 2.45) is 5.10 Å². The van der Waals surface area contributed by atoms with Crippen LogP contribution in [0.1, 0.15) is 18.1 Å². The molecule has 0 heterocycles. The maximum Gasteiger partial charge on any atom is 0.128 e. The zero-order chi connectivity index (χ0) is 17.6. The van der Waals surface area contributed by atoms with Gasteiger partial charge in [-0.3, -0.25) is 0 Å². The van der Waals surface area contributed by atoms with Gasteiger partial charge in [-0.05, 0) is 35.9 Å². The molecule has 0 aromatic heterocycles. The molecule has 0 saturated heterocycles. The summed E-state index contributed by atoms with van der Waals surface area (Å²) in [4.78, 5) is 0. The maximum absolute atomic E-state index is 6.17. The first-order valence-electron chi connectivity index (χ1n) is 8.04. The van der Waals surface area contributed by atoms with E-state index in [1.165, 1.54) is 0 Å². The first kappa shape index (κ1) is 17.6. The standard InChI is InChI=1S/C20H18Cl2N2O/c1-2-25-20-11-10-14-6-3-4-7-15(14)16(20)12-23-24-13-17-18(21)8-5-9-19(17)22/h3-12,24H,2,13H2,1H3/b23-12+. The molecule has 0 radical (unpaired) electrons. The van der Waals surface area contributed by atoms with Crippen LogP contribution in [0.15, 0.2) is 59.7 Å². The summed E-state index contributed by atoms with van der Waals surface area (Å²) in [5.74, 6) is 0.808. The largest absolute Gasteiger partial charge is 0.493 e. The van der Waals surface area contributed by atoms with Crippen LogP contribution in [0.4, 0.5) is 0 Å².